The maximum Gasteiger partial charge on any atom is 0.123 e. The lowest BCUT2D eigenvalue weighted by molar-refractivity contribution is 0.627. The highest BCUT2D eigenvalue weighted by Crippen LogP contribution is 2.05. The Morgan fingerprint density at radius 3 is 2.56 bits per heavy atom. The molecule has 0 unspecified atom stereocenters. The molecule has 0 saturated carbocycles. The molecule has 0 bridgehead atoms. The number of benzene rings is 2. The van der Waals surface area contributed by atoms with E-state index in [9.17, 15) is 4.39 Å². The molecule has 0 heterocycles. The molecule has 16 heavy (non-hydrogen) atoms. The summed E-state index contributed by atoms with van der Waals surface area (Å²) in [5.74, 6) is -0.260. The number of hydrazone groups is 1. The van der Waals surface area contributed by atoms with Gasteiger partial charge < -0.3 is 0 Å². The monoisotopic (exact) mass is 214 g/mol. The molecule has 2 rings (SSSR count). The molecule has 0 radical (unpaired) electrons. The van der Waals surface area contributed by atoms with Crippen LogP contribution in [0.15, 0.2) is 59.7 Å². The number of rotatable bonds is 3. The van der Waals surface area contributed by atoms with Gasteiger partial charge in [-0.3, -0.25) is 5.43 Å². The number of halogens is 1. The van der Waals surface area contributed by atoms with Crippen molar-refractivity contribution < 1.29 is 4.39 Å². The second kappa shape index (κ2) is 5.07. The van der Waals surface area contributed by atoms with E-state index in [1.54, 1.807) is 18.3 Å². The Morgan fingerprint density at radius 2 is 1.81 bits per heavy atom. The van der Waals surface area contributed by atoms with Crippen molar-refractivity contribution >= 4 is 11.9 Å². The van der Waals surface area contributed by atoms with Gasteiger partial charge in [-0.05, 0) is 29.8 Å². The van der Waals surface area contributed by atoms with Crippen molar-refractivity contribution in [3.05, 3.63) is 66.0 Å². The predicted octanol–water partition coefficient (Wildman–Crippen LogP) is 3.27. The molecule has 0 atom stereocenters. The third-order valence-electron chi connectivity index (χ3n) is 2.03. The lowest BCUT2D eigenvalue weighted by Crippen LogP contribution is -1.90. The standard InChI is InChI=1S/C13H11FN2/c14-12-6-4-5-11(9-12)10-15-16-13-7-2-1-3-8-13/h1-10,16H. The van der Waals surface area contributed by atoms with Crippen LogP contribution in [0.5, 0.6) is 0 Å². The molecule has 0 amide bonds. The average Bonchev–Trinajstić information content (AvgIpc) is 2.30. The fraction of sp³-hybridized carbons (Fsp3) is 0. The van der Waals surface area contributed by atoms with Gasteiger partial charge in [0.25, 0.3) is 0 Å². The van der Waals surface area contributed by atoms with Gasteiger partial charge in [-0.15, -0.1) is 0 Å². The van der Waals surface area contributed by atoms with Gasteiger partial charge in [0.1, 0.15) is 5.82 Å². The summed E-state index contributed by atoms with van der Waals surface area (Å²) in [6.45, 7) is 0. The Hall–Kier alpha value is -2.16. The first-order chi connectivity index (χ1) is 7.84. The topological polar surface area (TPSA) is 24.4 Å². The van der Waals surface area contributed by atoms with Crippen molar-refractivity contribution in [1.82, 2.24) is 0 Å². The van der Waals surface area contributed by atoms with Gasteiger partial charge in [-0.1, -0.05) is 30.3 Å². The first kappa shape index (κ1) is 10.4. The first-order valence-electron chi connectivity index (χ1n) is 4.94. The Labute approximate surface area is 93.4 Å². The summed E-state index contributed by atoms with van der Waals surface area (Å²) in [4.78, 5) is 0. The molecule has 0 aliphatic carbocycles. The molecule has 2 nitrogen and oxygen atoms in total. The fourth-order valence-electron chi connectivity index (χ4n) is 1.28. The van der Waals surface area contributed by atoms with Crippen molar-refractivity contribution in [2.45, 2.75) is 0 Å². The highest BCUT2D eigenvalue weighted by atomic mass is 19.1. The third kappa shape index (κ3) is 2.92. The zero-order valence-corrected chi connectivity index (χ0v) is 8.60. The van der Waals surface area contributed by atoms with E-state index >= 15 is 0 Å². The molecule has 0 spiro atoms. The quantitative estimate of drug-likeness (QED) is 0.615. The molecule has 80 valence electrons. The number of hydrogen-bond donors (Lipinski definition) is 1. The normalized spacial score (nSPS) is 10.6. The Balaban J connectivity index is 2.00. The van der Waals surface area contributed by atoms with Crippen molar-refractivity contribution in [3.63, 3.8) is 0 Å². The smallest absolute Gasteiger partial charge is 0.123 e. The second-order valence-corrected chi connectivity index (χ2v) is 3.29. The summed E-state index contributed by atoms with van der Waals surface area (Å²) >= 11 is 0. The molecule has 2 aromatic rings. The van der Waals surface area contributed by atoms with Crippen LogP contribution in [0, 0.1) is 5.82 Å². The van der Waals surface area contributed by atoms with Crippen LogP contribution in [0.25, 0.3) is 0 Å². The minimum Gasteiger partial charge on any atom is -0.279 e. The molecule has 0 aliphatic heterocycles. The largest absolute Gasteiger partial charge is 0.279 e. The van der Waals surface area contributed by atoms with E-state index in [4.69, 9.17) is 0 Å². The number of para-hydroxylation sites is 1. The minimum absolute atomic E-state index is 0.260. The average molecular weight is 214 g/mol. The van der Waals surface area contributed by atoms with Crippen molar-refractivity contribution in [2.75, 3.05) is 5.43 Å². The summed E-state index contributed by atoms with van der Waals surface area (Å²) < 4.78 is 12.8. The van der Waals surface area contributed by atoms with Gasteiger partial charge in [0.2, 0.25) is 0 Å². The van der Waals surface area contributed by atoms with Gasteiger partial charge in [-0.25, -0.2) is 4.39 Å². The van der Waals surface area contributed by atoms with Crippen LogP contribution >= 0.6 is 0 Å². The first-order valence-corrected chi connectivity index (χ1v) is 4.94. The fourth-order valence-corrected chi connectivity index (χ4v) is 1.28. The Bertz CT molecular complexity index is 480. The molecule has 0 aromatic heterocycles. The zero-order valence-electron chi connectivity index (χ0n) is 8.60. The number of hydrogen-bond acceptors (Lipinski definition) is 2. The van der Waals surface area contributed by atoms with Crippen molar-refractivity contribution in [2.24, 2.45) is 5.10 Å². The Kier molecular flexibility index (Phi) is 3.28. The van der Waals surface area contributed by atoms with Crippen LogP contribution in [-0.2, 0) is 0 Å². The highest BCUT2D eigenvalue weighted by Gasteiger charge is 1.90. The molecular formula is C13H11FN2. The minimum atomic E-state index is -0.260. The lowest BCUT2D eigenvalue weighted by Gasteiger charge is -1.98. The third-order valence-corrected chi connectivity index (χ3v) is 2.03. The number of nitrogens with zero attached hydrogens (tertiary/aromatic N) is 1. The summed E-state index contributed by atoms with van der Waals surface area (Å²) in [7, 11) is 0. The van der Waals surface area contributed by atoms with E-state index < -0.39 is 0 Å². The van der Waals surface area contributed by atoms with Crippen LogP contribution in [0.3, 0.4) is 0 Å². The highest BCUT2D eigenvalue weighted by molar-refractivity contribution is 5.80. The van der Waals surface area contributed by atoms with Crippen molar-refractivity contribution in [1.29, 1.82) is 0 Å². The summed E-state index contributed by atoms with van der Waals surface area (Å²) in [5.41, 5.74) is 4.48. The maximum atomic E-state index is 12.8. The maximum absolute atomic E-state index is 12.8. The van der Waals surface area contributed by atoms with Gasteiger partial charge >= 0.3 is 0 Å². The molecule has 0 saturated heterocycles. The van der Waals surface area contributed by atoms with Crippen LogP contribution in [-0.4, -0.2) is 6.21 Å². The van der Waals surface area contributed by atoms with E-state index in [0.717, 1.165) is 11.3 Å². The number of nitrogens with one attached hydrogen (secondary N) is 1. The van der Waals surface area contributed by atoms with E-state index in [1.165, 1.54) is 12.1 Å². The van der Waals surface area contributed by atoms with E-state index in [-0.39, 0.29) is 5.82 Å². The molecule has 0 aliphatic rings. The molecule has 3 heteroatoms. The second-order valence-electron chi connectivity index (χ2n) is 3.29. The summed E-state index contributed by atoms with van der Waals surface area (Å²) in [6.07, 6.45) is 1.58. The van der Waals surface area contributed by atoms with Gasteiger partial charge in [0, 0.05) is 0 Å². The number of anilines is 1. The van der Waals surface area contributed by atoms with E-state index in [0.29, 0.717) is 0 Å². The Morgan fingerprint density at radius 1 is 1.00 bits per heavy atom. The van der Waals surface area contributed by atoms with E-state index in [1.807, 2.05) is 30.3 Å². The molecule has 0 fully saturated rings. The lowest BCUT2D eigenvalue weighted by atomic mass is 10.2. The van der Waals surface area contributed by atoms with E-state index in [2.05, 4.69) is 10.5 Å². The zero-order chi connectivity index (χ0) is 11.2. The predicted molar refractivity (Wildman–Crippen MR) is 64.1 cm³/mol. The van der Waals surface area contributed by atoms with Gasteiger partial charge in [-0.2, -0.15) is 5.10 Å². The summed E-state index contributed by atoms with van der Waals surface area (Å²) in [6, 6.07) is 15.9. The summed E-state index contributed by atoms with van der Waals surface area (Å²) in [5, 5.41) is 4.01. The molecule has 1 N–H and O–H groups in total. The SMILES string of the molecule is Fc1cccc(C=NNc2ccccc2)c1. The van der Waals surface area contributed by atoms with Gasteiger partial charge in [0.15, 0.2) is 0 Å². The van der Waals surface area contributed by atoms with Crippen LogP contribution in [0.2, 0.25) is 0 Å². The van der Waals surface area contributed by atoms with Crippen molar-refractivity contribution in [3.8, 4) is 0 Å². The van der Waals surface area contributed by atoms with Crippen LogP contribution < -0.4 is 5.43 Å². The van der Waals surface area contributed by atoms with Gasteiger partial charge in [0.05, 0.1) is 11.9 Å². The van der Waals surface area contributed by atoms with Crippen LogP contribution in [0.1, 0.15) is 5.56 Å². The van der Waals surface area contributed by atoms with Crippen LogP contribution in [0.4, 0.5) is 10.1 Å². The molecular weight excluding hydrogens is 203 g/mol. The molecule has 2 aromatic carbocycles.